The molecule has 0 bridgehead atoms. The van der Waals surface area contributed by atoms with Gasteiger partial charge < -0.3 is 10.2 Å². The van der Waals surface area contributed by atoms with E-state index in [1.807, 2.05) is 11.3 Å². The number of aromatic nitrogens is 1. The normalized spacial score (nSPS) is 23.6. The average molecular weight is 281 g/mol. The highest BCUT2D eigenvalue weighted by atomic mass is 32.1. The maximum atomic E-state index is 4.77. The predicted molar refractivity (Wildman–Crippen MR) is 84.1 cm³/mol. The molecule has 1 N–H and O–H groups in total. The molecule has 108 valence electrons. The van der Waals surface area contributed by atoms with Crippen molar-refractivity contribution in [1.82, 2.24) is 10.3 Å². The number of hydrogen-bond donors (Lipinski definition) is 1. The summed E-state index contributed by atoms with van der Waals surface area (Å²) in [5.74, 6) is 0.864. The number of hydrogen-bond acceptors (Lipinski definition) is 4. The van der Waals surface area contributed by atoms with Crippen molar-refractivity contribution < 1.29 is 0 Å². The van der Waals surface area contributed by atoms with Crippen molar-refractivity contribution in [2.24, 2.45) is 5.92 Å². The van der Waals surface area contributed by atoms with E-state index in [0.29, 0.717) is 6.04 Å². The molecule has 1 aromatic rings. The fourth-order valence-corrected chi connectivity index (χ4v) is 3.94. The van der Waals surface area contributed by atoms with Crippen LogP contribution in [0.25, 0.3) is 0 Å². The highest BCUT2D eigenvalue weighted by Gasteiger charge is 2.24. The van der Waals surface area contributed by atoms with Gasteiger partial charge in [-0.2, -0.15) is 0 Å². The van der Waals surface area contributed by atoms with Gasteiger partial charge in [-0.1, -0.05) is 26.7 Å². The SMILES string of the molecule is CCNCc1sc(N(C)C2CCCC(C)C2)nc1C. The molecule has 19 heavy (non-hydrogen) atoms. The van der Waals surface area contributed by atoms with Gasteiger partial charge in [-0.3, -0.25) is 0 Å². The minimum Gasteiger partial charge on any atom is -0.348 e. The van der Waals surface area contributed by atoms with E-state index in [1.54, 1.807) is 0 Å². The quantitative estimate of drug-likeness (QED) is 0.894. The number of thiazole rings is 1. The number of anilines is 1. The Morgan fingerprint density at radius 1 is 1.42 bits per heavy atom. The smallest absolute Gasteiger partial charge is 0.185 e. The fourth-order valence-electron chi connectivity index (χ4n) is 2.88. The molecule has 2 atom stereocenters. The molecule has 1 aromatic heterocycles. The minimum absolute atomic E-state index is 0.682. The Morgan fingerprint density at radius 3 is 2.89 bits per heavy atom. The van der Waals surface area contributed by atoms with Gasteiger partial charge in [0.25, 0.3) is 0 Å². The molecule has 1 saturated carbocycles. The van der Waals surface area contributed by atoms with E-state index in [1.165, 1.54) is 41.4 Å². The van der Waals surface area contributed by atoms with E-state index >= 15 is 0 Å². The number of nitrogens with zero attached hydrogens (tertiary/aromatic N) is 2. The van der Waals surface area contributed by atoms with Crippen molar-refractivity contribution in [3.05, 3.63) is 10.6 Å². The van der Waals surface area contributed by atoms with Gasteiger partial charge in [-0.15, -0.1) is 11.3 Å². The van der Waals surface area contributed by atoms with Crippen molar-refractivity contribution in [2.75, 3.05) is 18.5 Å². The topological polar surface area (TPSA) is 28.2 Å². The monoisotopic (exact) mass is 281 g/mol. The highest BCUT2D eigenvalue weighted by molar-refractivity contribution is 7.15. The van der Waals surface area contributed by atoms with Crippen LogP contribution in [0.3, 0.4) is 0 Å². The first kappa shape index (κ1) is 14.8. The molecule has 0 saturated heterocycles. The van der Waals surface area contributed by atoms with Crippen molar-refractivity contribution in [1.29, 1.82) is 0 Å². The summed E-state index contributed by atoms with van der Waals surface area (Å²) < 4.78 is 0. The first-order valence-corrected chi connectivity index (χ1v) is 8.33. The van der Waals surface area contributed by atoms with E-state index in [0.717, 1.165) is 19.0 Å². The third kappa shape index (κ3) is 3.69. The predicted octanol–water partition coefficient (Wildman–Crippen LogP) is 3.58. The Balaban J connectivity index is 2.04. The summed E-state index contributed by atoms with van der Waals surface area (Å²) in [5.41, 5.74) is 1.19. The lowest BCUT2D eigenvalue weighted by atomic mass is 9.86. The van der Waals surface area contributed by atoms with Crippen molar-refractivity contribution in [3.8, 4) is 0 Å². The Hall–Kier alpha value is -0.610. The molecule has 3 nitrogen and oxygen atoms in total. The summed E-state index contributed by atoms with van der Waals surface area (Å²) in [5, 5.41) is 4.59. The third-order valence-electron chi connectivity index (χ3n) is 4.18. The standard InChI is InChI=1S/C15H27N3S/c1-5-16-10-14-12(3)17-15(19-14)18(4)13-8-6-7-11(2)9-13/h11,13,16H,5-10H2,1-4H3. The molecule has 0 aliphatic heterocycles. The largest absolute Gasteiger partial charge is 0.348 e. The molecule has 1 fully saturated rings. The van der Waals surface area contributed by atoms with Gasteiger partial charge in [0.05, 0.1) is 5.69 Å². The summed E-state index contributed by atoms with van der Waals surface area (Å²) in [6.07, 6.45) is 5.40. The van der Waals surface area contributed by atoms with E-state index in [2.05, 4.69) is 38.0 Å². The van der Waals surface area contributed by atoms with E-state index in [4.69, 9.17) is 4.98 Å². The van der Waals surface area contributed by atoms with Crippen LogP contribution in [0.4, 0.5) is 5.13 Å². The zero-order chi connectivity index (χ0) is 13.8. The maximum absolute atomic E-state index is 4.77. The lowest BCUT2D eigenvalue weighted by Crippen LogP contribution is -2.35. The van der Waals surface area contributed by atoms with Crippen LogP contribution in [-0.4, -0.2) is 24.6 Å². The van der Waals surface area contributed by atoms with Crippen LogP contribution in [0.2, 0.25) is 0 Å². The van der Waals surface area contributed by atoms with Gasteiger partial charge in [0.2, 0.25) is 0 Å². The molecule has 4 heteroatoms. The van der Waals surface area contributed by atoms with Crippen LogP contribution < -0.4 is 10.2 Å². The molecule has 2 rings (SSSR count). The summed E-state index contributed by atoms with van der Waals surface area (Å²) >= 11 is 1.85. The first-order valence-electron chi connectivity index (χ1n) is 7.51. The van der Waals surface area contributed by atoms with Gasteiger partial charge in [0.15, 0.2) is 5.13 Å². The fraction of sp³-hybridized carbons (Fsp3) is 0.800. The van der Waals surface area contributed by atoms with E-state index < -0.39 is 0 Å². The molecular weight excluding hydrogens is 254 g/mol. The molecule has 0 amide bonds. The van der Waals surface area contributed by atoms with Gasteiger partial charge in [0.1, 0.15) is 0 Å². The van der Waals surface area contributed by atoms with E-state index in [-0.39, 0.29) is 0 Å². The molecule has 1 aliphatic rings. The third-order valence-corrected chi connectivity index (χ3v) is 5.42. The lowest BCUT2D eigenvalue weighted by Gasteiger charge is -2.33. The van der Waals surface area contributed by atoms with Gasteiger partial charge in [-0.05, 0) is 32.2 Å². The van der Waals surface area contributed by atoms with Crippen LogP contribution in [0.15, 0.2) is 0 Å². The zero-order valence-corrected chi connectivity index (χ0v) is 13.5. The molecule has 1 aliphatic carbocycles. The summed E-state index contributed by atoms with van der Waals surface area (Å²) in [4.78, 5) is 8.57. The van der Waals surface area contributed by atoms with Crippen LogP contribution >= 0.6 is 11.3 Å². The van der Waals surface area contributed by atoms with Crippen molar-refractivity contribution in [2.45, 2.75) is 59.0 Å². The second kappa shape index (κ2) is 6.71. The Labute approximate surface area is 121 Å². The van der Waals surface area contributed by atoms with E-state index in [9.17, 15) is 0 Å². The maximum Gasteiger partial charge on any atom is 0.185 e. The molecule has 1 heterocycles. The number of rotatable bonds is 5. The highest BCUT2D eigenvalue weighted by Crippen LogP contribution is 2.32. The van der Waals surface area contributed by atoms with Crippen molar-refractivity contribution >= 4 is 16.5 Å². The average Bonchev–Trinajstić information content (AvgIpc) is 2.77. The van der Waals surface area contributed by atoms with Gasteiger partial charge >= 0.3 is 0 Å². The second-order valence-electron chi connectivity index (χ2n) is 5.82. The Kier molecular flexibility index (Phi) is 5.22. The Bertz CT molecular complexity index is 402. The lowest BCUT2D eigenvalue weighted by molar-refractivity contribution is 0.336. The zero-order valence-electron chi connectivity index (χ0n) is 12.7. The first-order chi connectivity index (χ1) is 9.11. The van der Waals surface area contributed by atoms with Gasteiger partial charge in [-0.25, -0.2) is 4.98 Å². The van der Waals surface area contributed by atoms with Crippen LogP contribution in [0.5, 0.6) is 0 Å². The summed E-state index contributed by atoms with van der Waals surface area (Å²) in [7, 11) is 2.22. The molecule has 0 aromatic carbocycles. The molecule has 0 radical (unpaired) electrons. The summed E-state index contributed by atoms with van der Waals surface area (Å²) in [6, 6.07) is 0.682. The Morgan fingerprint density at radius 2 is 2.21 bits per heavy atom. The minimum atomic E-state index is 0.682. The molecular formula is C15H27N3S. The second-order valence-corrected chi connectivity index (χ2v) is 6.88. The summed E-state index contributed by atoms with van der Waals surface area (Å²) in [6.45, 7) is 8.62. The van der Waals surface area contributed by atoms with Crippen LogP contribution in [0, 0.1) is 12.8 Å². The number of nitrogens with one attached hydrogen (secondary N) is 1. The van der Waals surface area contributed by atoms with Gasteiger partial charge in [0, 0.05) is 24.5 Å². The van der Waals surface area contributed by atoms with Crippen LogP contribution in [0.1, 0.15) is 50.1 Å². The number of aryl methyl sites for hydroxylation is 1. The van der Waals surface area contributed by atoms with Crippen molar-refractivity contribution in [3.63, 3.8) is 0 Å². The van der Waals surface area contributed by atoms with Crippen LogP contribution in [-0.2, 0) is 6.54 Å². The molecule has 0 spiro atoms. The molecule has 2 unspecified atom stereocenters.